The van der Waals surface area contributed by atoms with Crippen LogP contribution in [-0.2, 0) is 0 Å². The minimum atomic E-state index is -0.754. The predicted molar refractivity (Wildman–Crippen MR) is 119 cm³/mol. The molecule has 0 heterocycles. The zero-order chi connectivity index (χ0) is 21.7. The molecule has 0 saturated carbocycles. The number of nitrogens with zero attached hydrogens (tertiary/aromatic N) is 1. The van der Waals surface area contributed by atoms with Crippen molar-refractivity contribution < 1.29 is 15.3 Å². The summed E-state index contributed by atoms with van der Waals surface area (Å²) < 4.78 is 0. The third kappa shape index (κ3) is 7.56. The molecular formula is C25H37NO3. The molecule has 3 N–H and O–H groups in total. The Kier molecular flexibility index (Phi) is 8.01. The van der Waals surface area contributed by atoms with Gasteiger partial charge >= 0.3 is 0 Å². The summed E-state index contributed by atoms with van der Waals surface area (Å²) in [5, 5.41) is 31.5. The van der Waals surface area contributed by atoms with Crippen LogP contribution in [0.15, 0.2) is 54.6 Å². The maximum absolute atomic E-state index is 11.0. The number of aliphatic hydroxyl groups excluding tert-OH is 1. The van der Waals surface area contributed by atoms with Crippen molar-refractivity contribution in [2.45, 2.75) is 70.8 Å². The number of hydrogen-bond acceptors (Lipinski definition) is 4. The van der Waals surface area contributed by atoms with Crippen molar-refractivity contribution in [3.8, 4) is 0 Å². The molecule has 0 amide bonds. The molecule has 0 radical (unpaired) electrons. The largest absolute Gasteiger partial charge is 0.390 e. The van der Waals surface area contributed by atoms with Crippen LogP contribution in [0.5, 0.6) is 0 Å². The second kappa shape index (κ2) is 9.86. The fourth-order valence-electron chi connectivity index (χ4n) is 3.49. The van der Waals surface area contributed by atoms with Gasteiger partial charge in [-0.3, -0.25) is 4.90 Å². The van der Waals surface area contributed by atoms with Gasteiger partial charge in [0, 0.05) is 19.1 Å². The lowest BCUT2D eigenvalue weighted by molar-refractivity contribution is 0.0326. The summed E-state index contributed by atoms with van der Waals surface area (Å²) in [6, 6.07) is 17.7. The van der Waals surface area contributed by atoms with Crippen LogP contribution in [0.2, 0.25) is 0 Å². The van der Waals surface area contributed by atoms with Crippen LogP contribution in [0.4, 0.5) is 0 Å². The summed E-state index contributed by atoms with van der Waals surface area (Å²) in [4.78, 5) is 2.28. The molecule has 0 saturated heterocycles. The molecule has 1 unspecified atom stereocenters. The molecule has 0 aliphatic heterocycles. The molecule has 0 aromatic heterocycles. The smallest absolute Gasteiger partial charge is 0.104 e. The summed E-state index contributed by atoms with van der Waals surface area (Å²) in [5.74, 6) is 0. The summed E-state index contributed by atoms with van der Waals surface area (Å²) in [7, 11) is 0. The lowest BCUT2D eigenvalue weighted by Gasteiger charge is -2.34. The molecule has 0 aliphatic carbocycles. The lowest BCUT2D eigenvalue weighted by atomic mass is 9.92. The normalized spacial score (nSPS) is 14.8. The lowest BCUT2D eigenvalue weighted by Crippen LogP contribution is -2.37. The number of benzene rings is 2. The minimum Gasteiger partial charge on any atom is -0.390 e. The van der Waals surface area contributed by atoms with Gasteiger partial charge < -0.3 is 15.3 Å². The maximum atomic E-state index is 11.0. The Hall–Kier alpha value is -1.72. The first kappa shape index (κ1) is 23.6. The summed E-state index contributed by atoms with van der Waals surface area (Å²) in [6.07, 6.45) is 0.569. The van der Waals surface area contributed by atoms with E-state index in [9.17, 15) is 15.3 Å². The van der Waals surface area contributed by atoms with E-state index >= 15 is 0 Å². The molecule has 4 heteroatoms. The van der Waals surface area contributed by atoms with Gasteiger partial charge in [0.2, 0.25) is 0 Å². The van der Waals surface area contributed by atoms with Gasteiger partial charge in [-0.25, -0.2) is 0 Å². The molecule has 2 aromatic rings. The third-order valence-electron chi connectivity index (χ3n) is 5.43. The fourth-order valence-corrected chi connectivity index (χ4v) is 3.49. The Bertz CT molecular complexity index is 729. The molecule has 2 aromatic carbocycles. The van der Waals surface area contributed by atoms with E-state index in [-0.39, 0.29) is 6.04 Å². The molecule has 2 atom stereocenters. The average Bonchev–Trinajstić information content (AvgIpc) is 2.66. The number of rotatable bonds is 10. The Labute approximate surface area is 175 Å². The molecule has 2 rings (SSSR count). The molecule has 0 bridgehead atoms. The first-order chi connectivity index (χ1) is 13.5. The Morgan fingerprint density at radius 1 is 0.759 bits per heavy atom. The zero-order valence-electron chi connectivity index (χ0n) is 18.5. The standard InChI is InChI=1S/C25H37NO3/c1-19(26(17-15-24(2,3)28)18-16-25(4,5)29)21-13-9-10-14-22(21)23(27)20-11-7-6-8-12-20/h6-14,19,23,27-29H,15-18H2,1-5H3/t19-,23?/m0/s1. The van der Waals surface area contributed by atoms with Crippen LogP contribution in [0.3, 0.4) is 0 Å². The summed E-state index contributed by atoms with van der Waals surface area (Å²) in [5.41, 5.74) is 1.32. The van der Waals surface area contributed by atoms with E-state index in [1.54, 1.807) is 0 Å². The van der Waals surface area contributed by atoms with Crippen molar-refractivity contribution in [1.29, 1.82) is 0 Å². The van der Waals surface area contributed by atoms with Crippen LogP contribution >= 0.6 is 0 Å². The molecule has 160 valence electrons. The van der Waals surface area contributed by atoms with Crippen LogP contribution in [0.25, 0.3) is 0 Å². The van der Waals surface area contributed by atoms with Crippen LogP contribution < -0.4 is 0 Å². The topological polar surface area (TPSA) is 63.9 Å². The van der Waals surface area contributed by atoms with Gasteiger partial charge in [-0.05, 0) is 64.2 Å². The highest BCUT2D eigenvalue weighted by Gasteiger charge is 2.25. The van der Waals surface area contributed by atoms with Crippen molar-refractivity contribution in [3.05, 3.63) is 71.3 Å². The Morgan fingerprint density at radius 3 is 1.69 bits per heavy atom. The average molecular weight is 400 g/mol. The number of aliphatic hydroxyl groups is 3. The number of hydrogen-bond donors (Lipinski definition) is 3. The van der Waals surface area contributed by atoms with E-state index in [0.29, 0.717) is 25.9 Å². The van der Waals surface area contributed by atoms with Crippen LogP contribution in [-0.4, -0.2) is 44.5 Å². The second-order valence-corrected chi connectivity index (χ2v) is 9.28. The minimum absolute atomic E-state index is 0.0364. The first-order valence-corrected chi connectivity index (χ1v) is 10.5. The van der Waals surface area contributed by atoms with Gasteiger partial charge in [0.25, 0.3) is 0 Å². The fraction of sp³-hybridized carbons (Fsp3) is 0.520. The molecule has 0 spiro atoms. The van der Waals surface area contributed by atoms with Gasteiger partial charge in [0.15, 0.2) is 0 Å². The maximum Gasteiger partial charge on any atom is 0.104 e. The summed E-state index contributed by atoms with van der Waals surface area (Å²) in [6.45, 7) is 10.8. The van der Waals surface area contributed by atoms with Crippen molar-refractivity contribution in [2.24, 2.45) is 0 Å². The van der Waals surface area contributed by atoms with E-state index < -0.39 is 17.3 Å². The van der Waals surface area contributed by atoms with E-state index in [1.807, 2.05) is 76.2 Å². The second-order valence-electron chi connectivity index (χ2n) is 9.28. The van der Waals surface area contributed by atoms with Gasteiger partial charge in [-0.1, -0.05) is 54.6 Å². The van der Waals surface area contributed by atoms with Gasteiger partial charge in [-0.2, -0.15) is 0 Å². The zero-order valence-corrected chi connectivity index (χ0v) is 18.5. The van der Waals surface area contributed by atoms with E-state index in [1.165, 1.54) is 0 Å². The molecule has 0 fully saturated rings. The van der Waals surface area contributed by atoms with Crippen molar-refractivity contribution in [2.75, 3.05) is 13.1 Å². The highest BCUT2D eigenvalue weighted by Crippen LogP contribution is 2.32. The highest BCUT2D eigenvalue weighted by molar-refractivity contribution is 5.37. The van der Waals surface area contributed by atoms with Crippen molar-refractivity contribution >= 4 is 0 Å². The molecule has 4 nitrogen and oxygen atoms in total. The van der Waals surface area contributed by atoms with Gasteiger partial charge in [-0.15, -0.1) is 0 Å². The monoisotopic (exact) mass is 399 g/mol. The van der Waals surface area contributed by atoms with Crippen molar-refractivity contribution in [1.82, 2.24) is 4.90 Å². The van der Waals surface area contributed by atoms with E-state index in [2.05, 4.69) is 17.9 Å². The Morgan fingerprint density at radius 2 is 1.21 bits per heavy atom. The van der Waals surface area contributed by atoms with Crippen LogP contribution in [0.1, 0.15) is 76.3 Å². The Balaban J connectivity index is 2.30. The SMILES string of the molecule is C[C@@H](c1ccccc1C(O)c1ccccc1)N(CCC(C)(C)O)CCC(C)(C)O. The van der Waals surface area contributed by atoms with E-state index in [0.717, 1.165) is 16.7 Å². The summed E-state index contributed by atoms with van der Waals surface area (Å²) >= 11 is 0. The third-order valence-corrected chi connectivity index (χ3v) is 5.43. The molecule has 0 aliphatic rings. The predicted octanol–water partition coefficient (Wildman–Crippen LogP) is 4.45. The molecule has 29 heavy (non-hydrogen) atoms. The van der Waals surface area contributed by atoms with Crippen molar-refractivity contribution in [3.63, 3.8) is 0 Å². The van der Waals surface area contributed by atoms with Gasteiger partial charge in [0.05, 0.1) is 11.2 Å². The first-order valence-electron chi connectivity index (χ1n) is 10.5. The molecular weight excluding hydrogens is 362 g/mol. The van der Waals surface area contributed by atoms with Gasteiger partial charge in [0.1, 0.15) is 6.10 Å². The van der Waals surface area contributed by atoms with E-state index in [4.69, 9.17) is 0 Å². The quantitative estimate of drug-likeness (QED) is 0.552. The van der Waals surface area contributed by atoms with Crippen LogP contribution in [0, 0.1) is 0 Å². The highest BCUT2D eigenvalue weighted by atomic mass is 16.3.